The highest BCUT2D eigenvalue weighted by molar-refractivity contribution is 5.27. The summed E-state index contributed by atoms with van der Waals surface area (Å²) in [7, 11) is 1.61. The molecule has 0 bridgehead atoms. The lowest BCUT2D eigenvalue weighted by Crippen LogP contribution is -2.38. The van der Waals surface area contributed by atoms with Gasteiger partial charge in [0.1, 0.15) is 5.75 Å². The molecule has 5 nitrogen and oxygen atoms in total. The van der Waals surface area contributed by atoms with Gasteiger partial charge in [-0.3, -0.25) is 9.36 Å². The van der Waals surface area contributed by atoms with E-state index in [1.807, 2.05) is 24.3 Å². The van der Waals surface area contributed by atoms with E-state index < -0.39 is 0 Å². The van der Waals surface area contributed by atoms with Crippen molar-refractivity contribution in [2.24, 2.45) is 0 Å². The number of rotatable bonds is 3. The molecule has 5 heteroatoms. The van der Waals surface area contributed by atoms with Crippen molar-refractivity contribution < 1.29 is 4.74 Å². The minimum atomic E-state index is -0.318. The zero-order chi connectivity index (χ0) is 15.5. The molecule has 1 aliphatic carbocycles. The molecule has 0 unspecified atom stereocenters. The number of hydrogen-bond donors (Lipinski definition) is 1. The topological polar surface area (TPSA) is 64.1 Å². The van der Waals surface area contributed by atoms with E-state index in [1.165, 1.54) is 4.57 Å². The zero-order valence-electron chi connectivity index (χ0n) is 12.7. The Kier molecular flexibility index (Phi) is 4.13. The molecule has 3 rings (SSSR count). The second kappa shape index (κ2) is 6.22. The van der Waals surface area contributed by atoms with Crippen LogP contribution in [-0.4, -0.2) is 16.7 Å². The zero-order valence-corrected chi connectivity index (χ0v) is 12.7. The molecule has 1 N–H and O–H groups in total. The highest BCUT2D eigenvalue weighted by atomic mass is 16.5. The van der Waals surface area contributed by atoms with Crippen LogP contribution >= 0.6 is 0 Å². The van der Waals surface area contributed by atoms with Crippen LogP contribution in [0.3, 0.4) is 0 Å². The highest BCUT2D eigenvalue weighted by Crippen LogP contribution is 2.15. The molecule has 0 fully saturated rings. The summed E-state index contributed by atoms with van der Waals surface area (Å²) in [6.07, 6.45) is 4.70. The molecule has 0 spiro atoms. The van der Waals surface area contributed by atoms with E-state index >= 15 is 0 Å². The van der Waals surface area contributed by atoms with Crippen molar-refractivity contribution in [1.29, 1.82) is 0 Å². The van der Waals surface area contributed by atoms with Crippen molar-refractivity contribution in [2.75, 3.05) is 7.11 Å². The minimum Gasteiger partial charge on any atom is -0.497 e. The van der Waals surface area contributed by atoms with Gasteiger partial charge in [-0.25, -0.2) is 4.79 Å². The molecule has 1 aliphatic rings. The Morgan fingerprint density at radius 1 is 1.09 bits per heavy atom. The van der Waals surface area contributed by atoms with Gasteiger partial charge in [0.15, 0.2) is 0 Å². The molecule has 116 valence electrons. The number of methoxy groups -OCH3 is 1. The van der Waals surface area contributed by atoms with Crippen molar-refractivity contribution in [3.05, 3.63) is 61.9 Å². The summed E-state index contributed by atoms with van der Waals surface area (Å²) < 4.78 is 6.42. The van der Waals surface area contributed by atoms with Gasteiger partial charge in [-0.2, -0.15) is 0 Å². The predicted molar refractivity (Wildman–Crippen MR) is 84.7 cm³/mol. The molecule has 22 heavy (non-hydrogen) atoms. The van der Waals surface area contributed by atoms with Crippen LogP contribution in [0, 0.1) is 0 Å². The van der Waals surface area contributed by atoms with Gasteiger partial charge in [0.05, 0.1) is 13.7 Å². The third kappa shape index (κ3) is 2.84. The molecule has 1 heterocycles. The largest absolute Gasteiger partial charge is 0.497 e. The quantitative estimate of drug-likeness (QED) is 0.880. The van der Waals surface area contributed by atoms with E-state index in [-0.39, 0.29) is 17.8 Å². The van der Waals surface area contributed by atoms with Gasteiger partial charge in [0.25, 0.3) is 5.56 Å². The summed E-state index contributed by atoms with van der Waals surface area (Å²) in [5, 5.41) is 0. The third-order valence-corrected chi connectivity index (χ3v) is 4.22. The lowest BCUT2D eigenvalue weighted by atomic mass is 10.1. The van der Waals surface area contributed by atoms with Gasteiger partial charge in [0, 0.05) is 11.3 Å². The van der Waals surface area contributed by atoms with Gasteiger partial charge in [0.2, 0.25) is 0 Å². The molecule has 0 radical (unpaired) electrons. The summed E-state index contributed by atoms with van der Waals surface area (Å²) in [6, 6.07) is 7.41. The minimum absolute atomic E-state index is 0.142. The normalized spacial score (nSPS) is 14.2. The second-order valence-corrected chi connectivity index (χ2v) is 5.69. The van der Waals surface area contributed by atoms with Crippen LogP contribution in [0.15, 0.2) is 33.9 Å². The lowest BCUT2D eigenvalue weighted by molar-refractivity contribution is 0.414. The summed E-state index contributed by atoms with van der Waals surface area (Å²) >= 11 is 0. The Labute approximate surface area is 128 Å². The van der Waals surface area contributed by atoms with E-state index in [1.54, 1.807) is 7.11 Å². The van der Waals surface area contributed by atoms with E-state index in [0.29, 0.717) is 0 Å². The number of H-pyrrole nitrogens is 1. The van der Waals surface area contributed by atoms with Gasteiger partial charge < -0.3 is 9.72 Å². The number of hydrogen-bond acceptors (Lipinski definition) is 3. The van der Waals surface area contributed by atoms with Crippen LogP contribution in [0.1, 0.15) is 36.1 Å². The molecule has 1 aromatic carbocycles. The average Bonchev–Trinajstić information content (AvgIpc) is 2.77. The fourth-order valence-corrected chi connectivity index (χ4v) is 2.96. The Hall–Kier alpha value is -2.30. The number of fused-ring (bicyclic) bond motifs is 1. The van der Waals surface area contributed by atoms with E-state index in [2.05, 4.69) is 4.98 Å². The number of ether oxygens (including phenoxy) is 1. The number of aryl methyl sites for hydroxylation is 1. The maximum Gasteiger partial charge on any atom is 0.328 e. The van der Waals surface area contributed by atoms with E-state index in [4.69, 9.17) is 4.74 Å². The SMILES string of the molecule is COc1ccc(Cn2c(=O)[nH]c3c(c2=O)CCCCC3)cc1. The lowest BCUT2D eigenvalue weighted by Gasteiger charge is -2.10. The molecule has 0 saturated carbocycles. The molecule has 0 atom stereocenters. The summed E-state index contributed by atoms with van der Waals surface area (Å²) in [5.74, 6) is 0.756. The van der Waals surface area contributed by atoms with Crippen LogP contribution in [0.2, 0.25) is 0 Å². The molecule has 0 amide bonds. The Balaban J connectivity index is 1.98. The molecule has 1 aromatic heterocycles. The van der Waals surface area contributed by atoms with Crippen molar-refractivity contribution in [2.45, 2.75) is 38.6 Å². The monoisotopic (exact) mass is 300 g/mol. The van der Waals surface area contributed by atoms with Crippen LogP contribution in [0.5, 0.6) is 5.75 Å². The molecule has 0 saturated heterocycles. The predicted octanol–water partition coefficient (Wildman–Crippen LogP) is 1.86. The number of benzene rings is 1. The van der Waals surface area contributed by atoms with Crippen LogP contribution < -0.4 is 16.0 Å². The molecule has 0 aliphatic heterocycles. The molecular weight excluding hydrogens is 280 g/mol. The van der Waals surface area contributed by atoms with Crippen LogP contribution in [-0.2, 0) is 19.4 Å². The number of nitrogens with zero attached hydrogens (tertiary/aromatic N) is 1. The van der Waals surface area contributed by atoms with Crippen LogP contribution in [0.25, 0.3) is 0 Å². The Morgan fingerprint density at radius 2 is 1.82 bits per heavy atom. The van der Waals surface area contributed by atoms with Gasteiger partial charge in [-0.15, -0.1) is 0 Å². The van der Waals surface area contributed by atoms with E-state index in [0.717, 1.165) is 54.7 Å². The smallest absolute Gasteiger partial charge is 0.328 e. The first-order valence-electron chi connectivity index (χ1n) is 7.67. The van der Waals surface area contributed by atoms with Gasteiger partial charge >= 0.3 is 5.69 Å². The highest BCUT2D eigenvalue weighted by Gasteiger charge is 2.16. The Bertz CT molecular complexity index is 772. The summed E-state index contributed by atoms with van der Waals surface area (Å²) in [5.41, 5.74) is 2.06. The Morgan fingerprint density at radius 3 is 2.55 bits per heavy atom. The first-order valence-corrected chi connectivity index (χ1v) is 7.67. The van der Waals surface area contributed by atoms with Gasteiger partial charge in [-0.05, 0) is 43.4 Å². The van der Waals surface area contributed by atoms with Gasteiger partial charge in [-0.1, -0.05) is 18.6 Å². The van der Waals surface area contributed by atoms with Crippen molar-refractivity contribution >= 4 is 0 Å². The second-order valence-electron chi connectivity index (χ2n) is 5.69. The van der Waals surface area contributed by atoms with Crippen molar-refractivity contribution in [1.82, 2.24) is 9.55 Å². The number of aromatic amines is 1. The summed E-state index contributed by atoms with van der Waals surface area (Å²) in [4.78, 5) is 27.8. The number of nitrogens with one attached hydrogen (secondary N) is 1. The maximum absolute atomic E-state index is 12.6. The summed E-state index contributed by atoms with van der Waals surface area (Å²) in [6.45, 7) is 0.283. The average molecular weight is 300 g/mol. The fourth-order valence-electron chi connectivity index (χ4n) is 2.96. The first-order chi connectivity index (χ1) is 10.7. The molecular formula is C17H20N2O3. The number of aromatic nitrogens is 2. The standard InChI is InChI=1S/C17H20N2O3/c1-22-13-9-7-12(8-10-13)11-19-16(20)14-5-3-2-4-6-15(14)18-17(19)21/h7-10H,2-6,11H2,1H3,(H,18,21). The molecule has 2 aromatic rings. The van der Waals surface area contributed by atoms with E-state index in [9.17, 15) is 9.59 Å². The van der Waals surface area contributed by atoms with Crippen molar-refractivity contribution in [3.8, 4) is 5.75 Å². The first kappa shape index (κ1) is 14.6. The van der Waals surface area contributed by atoms with Crippen molar-refractivity contribution in [3.63, 3.8) is 0 Å². The third-order valence-electron chi connectivity index (χ3n) is 4.22. The van der Waals surface area contributed by atoms with Crippen LogP contribution in [0.4, 0.5) is 0 Å². The fraction of sp³-hybridized carbons (Fsp3) is 0.412. The maximum atomic E-state index is 12.6.